The van der Waals surface area contributed by atoms with Gasteiger partial charge in [0.05, 0.1) is 19.2 Å². The highest BCUT2D eigenvalue weighted by atomic mass is 19.1. The second-order valence-corrected chi connectivity index (χ2v) is 5.45. The normalized spacial score (nSPS) is 24.4. The summed E-state index contributed by atoms with van der Waals surface area (Å²) >= 11 is 0. The third-order valence-corrected chi connectivity index (χ3v) is 2.61. The summed E-state index contributed by atoms with van der Waals surface area (Å²) in [5, 5.41) is 3.03. The number of carbonyl (C=O) groups is 1. The first-order valence-electron chi connectivity index (χ1n) is 6.18. The number of hydrogen-bond donors (Lipinski definition) is 1. The van der Waals surface area contributed by atoms with Crippen molar-refractivity contribution in [1.82, 2.24) is 10.2 Å². The summed E-state index contributed by atoms with van der Waals surface area (Å²) in [6, 6.07) is -0.340. The third kappa shape index (κ3) is 4.78. The Bertz CT molecular complexity index is 281. The summed E-state index contributed by atoms with van der Waals surface area (Å²) in [5.41, 5.74) is -0.551. The van der Waals surface area contributed by atoms with Gasteiger partial charge in [-0.1, -0.05) is 0 Å². The molecular weight excluding hydrogens is 239 g/mol. The SMILES string of the molecule is COCCN[C@H]1CN(C(=O)OC(C)(C)C)C[C@H]1F. The van der Waals surface area contributed by atoms with Crippen molar-refractivity contribution < 1.29 is 18.7 Å². The summed E-state index contributed by atoms with van der Waals surface area (Å²) in [4.78, 5) is 13.2. The Balaban J connectivity index is 2.40. The van der Waals surface area contributed by atoms with Gasteiger partial charge in [-0.25, -0.2) is 9.18 Å². The van der Waals surface area contributed by atoms with E-state index in [0.717, 1.165) is 0 Å². The van der Waals surface area contributed by atoms with Gasteiger partial charge in [0.15, 0.2) is 0 Å². The van der Waals surface area contributed by atoms with Crippen molar-refractivity contribution in [3.05, 3.63) is 0 Å². The molecule has 1 saturated heterocycles. The molecule has 0 spiro atoms. The van der Waals surface area contributed by atoms with Crippen LogP contribution in [0.25, 0.3) is 0 Å². The third-order valence-electron chi connectivity index (χ3n) is 2.61. The average Bonchev–Trinajstić information content (AvgIpc) is 2.58. The van der Waals surface area contributed by atoms with Gasteiger partial charge in [-0.15, -0.1) is 0 Å². The maximum absolute atomic E-state index is 13.7. The van der Waals surface area contributed by atoms with Gasteiger partial charge in [0, 0.05) is 20.2 Å². The van der Waals surface area contributed by atoms with Gasteiger partial charge in [0.2, 0.25) is 0 Å². The lowest BCUT2D eigenvalue weighted by molar-refractivity contribution is 0.0282. The Morgan fingerprint density at radius 2 is 2.11 bits per heavy atom. The second-order valence-electron chi connectivity index (χ2n) is 5.45. The number of hydrogen-bond acceptors (Lipinski definition) is 4. The lowest BCUT2D eigenvalue weighted by atomic mass is 10.2. The number of nitrogens with one attached hydrogen (secondary N) is 1. The molecule has 18 heavy (non-hydrogen) atoms. The van der Waals surface area contributed by atoms with Crippen LogP contribution >= 0.6 is 0 Å². The smallest absolute Gasteiger partial charge is 0.410 e. The van der Waals surface area contributed by atoms with E-state index in [4.69, 9.17) is 9.47 Å². The van der Waals surface area contributed by atoms with Crippen molar-refractivity contribution in [2.45, 2.75) is 38.6 Å². The molecule has 0 aromatic carbocycles. The van der Waals surface area contributed by atoms with E-state index in [1.165, 1.54) is 4.90 Å². The van der Waals surface area contributed by atoms with Gasteiger partial charge in [-0.05, 0) is 20.8 Å². The van der Waals surface area contributed by atoms with Crippen molar-refractivity contribution in [2.75, 3.05) is 33.4 Å². The van der Waals surface area contributed by atoms with Gasteiger partial charge >= 0.3 is 6.09 Å². The van der Waals surface area contributed by atoms with Crippen LogP contribution in [0.2, 0.25) is 0 Å². The first-order chi connectivity index (χ1) is 8.33. The van der Waals surface area contributed by atoms with Gasteiger partial charge < -0.3 is 19.7 Å². The molecule has 0 bridgehead atoms. The van der Waals surface area contributed by atoms with Crippen LogP contribution in [0.4, 0.5) is 9.18 Å². The molecule has 1 aliphatic rings. The van der Waals surface area contributed by atoms with Crippen molar-refractivity contribution in [2.24, 2.45) is 0 Å². The monoisotopic (exact) mass is 262 g/mol. The van der Waals surface area contributed by atoms with Gasteiger partial charge in [-0.2, -0.15) is 0 Å². The molecule has 1 rings (SSSR count). The van der Waals surface area contributed by atoms with E-state index >= 15 is 0 Å². The molecule has 0 saturated carbocycles. The van der Waals surface area contributed by atoms with E-state index in [9.17, 15) is 9.18 Å². The standard InChI is InChI=1S/C12H23FN2O3/c1-12(2,3)18-11(16)15-7-9(13)10(8-15)14-5-6-17-4/h9-10,14H,5-8H2,1-4H3/t9-,10+/m1/s1. The van der Waals surface area contributed by atoms with E-state index in [-0.39, 0.29) is 12.6 Å². The summed E-state index contributed by atoms with van der Waals surface area (Å²) in [6.45, 7) is 6.89. The zero-order valence-corrected chi connectivity index (χ0v) is 11.5. The number of likely N-dealkylation sites (tertiary alicyclic amines) is 1. The molecular formula is C12H23FN2O3. The Morgan fingerprint density at radius 3 is 2.67 bits per heavy atom. The maximum Gasteiger partial charge on any atom is 0.410 e. The predicted molar refractivity (Wildman–Crippen MR) is 66.4 cm³/mol. The maximum atomic E-state index is 13.7. The van der Waals surface area contributed by atoms with E-state index in [1.807, 2.05) is 0 Å². The minimum Gasteiger partial charge on any atom is -0.444 e. The summed E-state index contributed by atoms with van der Waals surface area (Å²) < 4.78 is 23.8. The summed E-state index contributed by atoms with van der Waals surface area (Å²) in [7, 11) is 1.59. The van der Waals surface area contributed by atoms with Crippen LogP contribution < -0.4 is 5.32 Å². The lowest BCUT2D eigenvalue weighted by Gasteiger charge is -2.24. The average molecular weight is 262 g/mol. The largest absolute Gasteiger partial charge is 0.444 e. The molecule has 6 heteroatoms. The minimum absolute atomic E-state index is 0.0829. The van der Waals surface area contributed by atoms with E-state index in [1.54, 1.807) is 27.9 Å². The van der Waals surface area contributed by atoms with Crippen LogP contribution in [0.15, 0.2) is 0 Å². The number of halogens is 1. The van der Waals surface area contributed by atoms with E-state index < -0.39 is 17.9 Å². The Hall–Kier alpha value is -0.880. The number of methoxy groups -OCH3 is 1. The molecule has 1 heterocycles. The number of alkyl halides is 1. The fourth-order valence-corrected chi connectivity index (χ4v) is 1.78. The highest BCUT2D eigenvalue weighted by molar-refractivity contribution is 5.68. The molecule has 1 aliphatic heterocycles. The highest BCUT2D eigenvalue weighted by Crippen LogP contribution is 2.17. The molecule has 5 nitrogen and oxygen atoms in total. The molecule has 0 aromatic heterocycles. The Kier molecular flexibility index (Phi) is 5.34. The fraction of sp³-hybridized carbons (Fsp3) is 0.917. The van der Waals surface area contributed by atoms with Crippen molar-refractivity contribution >= 4 is 6.09 Å². The van der Waals surface area contributed by atoms with Crippen LogP contribution in [0.5, 0.6) is 0 Å². The van der Waals surface area contributed by atoms with Crippen LogP contribution in [0.3, 0.4) is 0 Å². The first-order valence-corrected chi connectivity index (χ1v) is 6.18. The van der Waals surface area contributed by atoms with Crippen molar-refractivity contribution in [3.63, 3.8) is 0 Å². The van der Waals surface area contributed by atoms with Crippen LogP contribution in [-0.2, 0) is 9.47 Å². The van der Waals surface area contributed by atoms with Gasteiger partial charge in [0.25, 0.3) is 0 Å². The van der Waals surface area contributed by atoms with Crippen LogP contribution in [-0.4, -0.2) is 62.2 Å². The molecule has 0 aliphatic carbocycles. The van der Waals surface area contributed by atoms with Crippen molar-refractivity contribution in [3.8, 4) is 0 Å². The van der Waals surface area contributed by atoms with Gasteiger partial charge in [0.1, 0.15) is 11.8 Å². The molecule has 1 fully saturated rings. The molecule has 1 N–H and O–H groups in total. The Labute approximate surface area is 108 Å². The molecule has 0 aromatic rings. The summed E-state index contributed by atoms with van der Waals surface area (Å²) in [5.74, 6) is 0. The molecule has 2 atom stereocenters. The molecule has 0 unspecified atom stereocenters. The number of rotatable bonds is 4. The quantitative estimate of drug-likeness (QED) is 0.773. The van der Waals surface area contributed by atoms with E-state index in [2.05, 4.69) is 5.32 Å². The van der Waals surface area contributed by atoms with Gasteiger partial charge in [-0.3, -0.25) is 0 Å². The van der Waals surface area contributed by atoms with Crippen molar-refractivity contribution in [1.29, 1.82) is 0 Å². The molecule has 106 valence electrons. The number of ether oxygens (including phenoxy) is 2. The Morgan fingerprint density at radius 1 is 1.44 bits per heavy atom. The van der Waals surface area contributed by atoms with Crippen LogP contribution in [0.1, 0.15) is 20.8 Å². The zero-order valence-electron chi connectivity index (χ0n) is 11.5. The highest BCUT2D eigenvalue weighted by Gasteiger charge is 2.36. The topological polar surface area (TPSA) is 50.8 Å². The molecule has 0 radical (unpaired) electrons. The second kappa shape index (κ2) is 6.33. The van der Waals surface area contributed by atoms with E-state index in [0.29, 0.717) is 19.7 Å². The number of carbonyl (C=O) groups excluding carboxylic acids is 1. The minimum atomic E-state index is -1.06. The lowest BCUT2D eigenvalue weighted by Crippen LogP contribution is -2.40. The number of amides is 1. The van der Waals surface area contributed by atoms with Crippen LogP contribution in [0, 0.1) is 0 Å². The summed E-state index contributed by atoms with van der Waals surface area (Å²) in [6.07, 6.45) is -1.52. The zero-order chi connectivity index (χ0) is 13.8. The fourth-order valence-electron chi connectivity index (χ4n) is 1.78. The predicted octanol–water partition coefficient (Wildman–Crippen LogP) is 1.18. The molecule has 1 amide bonds. The number of nitrogens with zero attached hydrogens (tertiary/aromatic N) is 1. The first kappa shape index (κ1) is 15.2.